The number of hydrogen-bond donors (Lipinski definition) is 0. The van der Waals surface area contributed by atoms with Gasteiger partial charge >= 0.3 is 0 Å². The third-order valence-electron chi connectivity index (χ3n) is 11.2. The highest BCUT2D eigenvalue weighted by Gasteiger charge is 2.16. The zero-order valence-electron chi connectivity index (χ0n) is 30.6. The number of rotatable bonds is 6. The van der Waals surface area contributed by atoms with E-state index >= 15 is 0 Å². The molecule has 1 heterocycles. The van der Waals surface area contributed by atoms with E-state index in [9.17, 15) is 0 Å². The summed E-state index contributed by atoms with van der Waals surface area (Å²) in [5, 5.41) is 10.2. The molecule has 0 fully saturated rings. The summed E-state index contributed by atoms with van der Waals surface area (Å²) in [5.41, 5.74) is 10.6. The van der Waals surface area contributed by atoms with Crippen molar-refractivity contribution < 1.29 is 0 Å². The SMILES string of the molecule is c1cc(-c2cccc(N(c3ccc(-c4ccc5c(c4)sc4ccccc45)cc3)c3ccc4c(ccc5ccccc54)c3)c2)cc(-c2cccc3ccccc23)c1. The Morgan fingerprint density at radius 3 is 1.70 bits per heavy atom. The summed E-state index contributed by atoms with van der Waals surface area (Å²) in [4.78, 5) is 2.39. The molecule has 0 saturated carbocycles. The van der Waals surface area contributed by atoms with Crippen molar-refractivity contribution in [2.45, 2.75) is 0 Å². The largest absolute Gasteiger partial charge is 0.310 e. The van der Waals surface area contributed by atoms with Crippen LogP contribution in [0.25, 0.3) is 85.9 Å². The average molecular weight is 730 g/mol. The van der Waals surface area contributed by atoms with Crippen molar-refractivity contribution in [2.75, 3.05) is 4.90 Å². The van der Waals surface area contributed by atoms with Crippen LogP contribution in [0.15, 0.2) is 212 Å². The standard InChI is InChI=1S/C54H35NS/c1-3-17-47-37(10-1)12-9-20-49(47)42-15-7-13-39(32-42)40-14-8-16-45(33-40)55(46-29-31-50-43(34-46)23-22-38-11-2-4-18-48(38)50)44-27-24-36(25-28-44)41-26-30-52-51-19-5-6-21-53(51)56-54(52)35-41/h1-35H. The third-order valence-corrected chi connectivity index (χ3v) is 12.4. The Labute approximate surface area is 330 Å². The van der Waals surface area contributed by atoms with Crippen molar-refractivity contribution in [3.05, 3.63) is 212 Å². The molecule has 0 N–H and O–H groups in total. The lowest BCUT2D eigenvalue weighted by Gasteiger charge is -2.27. The molecule has 0 spiro atoms. The minimum absolute atomic E-state index is 1.11. The van der Waals surface area contributed by atoms with E-state index in [1.54, 1.807) is 0 Å². The summed E-state index contributed by atoms with van der Waals surface area (Å²) in [5.74, 6) is 0. The molecule has 11 aromatic rings. The van der Waals surface area contributed by atoms with Gasteiger partial charge in [0.05, 0.1) is 0 Å². The van der Waals surface area contributed by atoms with Crippen molar-refractivity contribution >= 4 is 80.9 Å². The van der Waals surface area contributed by atoms with E-state index in [1.165, 1.54) is 85.9 Å². The molecule has 0 aliphatic carbocycles. The van der Waals surface area contributed by atoms with E-state index in [0.717, 1.165) is 17.1 Å². The molecule has 10 aromatic carbocycles. The van der Waals surface area contributed by atoms with E-state index in [1.807, 2.05) is 11.3 Å². The van der Waals surface area contributed by atoms with Crippen LogP contribution in [0.5, 0.6) is 0 Å². The molecule has 2 heteroatoms. The number of nitrogens with zero attached hydrogens (tertiary/aromatic N) is 1. The first-order valence-corrected chi connectivity index (χ1v) is 20.0. The highest BCUT2D eigenvalue weighted by atomic mass is 32.1. The van der Waals surface area contributed by atoms with Crippen LogP contribution in [0.1, 0.15) is 0 Å². The average Bonchev–Trinajstić information content (AvgIpc) is 3.65. The first-order valence-electron chi connectivity index (χ1n) is 19.2. The van der Waals surface area contributed by atoms with Crippen LogP contribution in [0.3, 0.4) is 0 Å². The van der Waals surface area contributed by atoms with Crippen LogP contribution in [0, 0.1) is 0 Å². The Balaban J connectivity index is 1.02. The zero-order chi connectivity index (χ0) is 37.0. The quantitative estimate of drug-likeness (QED) is 0.154. The number of hydrogen-bond acceptors (Lipinski definition) is 2. The normalized spacial score (nSPS) is 11.6. The second-order valence-corrected chi connectivity index (χ2v) is 15.6. The summed E-state index contributed by atoms with van der Waals surface area (Å²) >= 11 is 1.87. The van der Waals surface area contributed by atoms with Gasteiger partial charge in [-0.1, -0.05) is 158 Å². The summed E-state index contributed by atoms with van der Waals surface area (Å²) < 4.78 is 2.65. The van der Waals surface area contributed by atoms with Crippen LogP contribution >= 0.6 is 11.3 Å². The van der Waals surface area contributed by atoms with Gasteiger partial charge in [0.1, 0.15) is 0 Å². The summed E-state index contributed by atoms with van der Waals surface area (Å²) in [6.45, 7) is 0. The van der Waals surface area contributed by atoms with Gasteiger partial charge in [-0.15, -0.1) is 11.3 Å². The van der Waals surface area contributed by atoms with Gasteiger partial charge in [0.15, 0.2) is 0 Å². The van der Waals surface area contributed by atoms with Crippen molar-refractivity contribution in [1.29, 1.82) is 0 Å². The molecular weight excluding hydrogens is 695 g/mol. The van der Waals surface area contributed by atoms with Gasteiger partial charge in [0.25, 0.3) is 0 Å². The van der Waals surface area contributed by atoms with Gasteiger partial charge in [-0.3, -0.25) is 0 Å². The number of thiophene rings is 1. The Hall–Kier alpha value is -7.00. The van der Waals surface area contributed by atoms with Crippen molar-refractivity contribution in [1.82, 2.24) is 0 Å². The van der Waals surface area contributed by atoms with Crippen LogP contribution in [-0.4, -0.2) is 0 Å². The van der Waals surface area contributed by atoms with Gasteiger partial charge in [-0.05, 0) is 120 Å². The summed E-state index contributed by atoms with van der Waals surface area (Å²) in [7, 11) is 0. The monoisotopic (exact) mass is 729 g/mol. The number of benzene rings is 10. The molecule has 0 unspecified atom stereocenters. The summed E-state index contributed by atoms with van der Waals surface area (Å²) in [6.07, 6.45) is 0. The van der Waals surface area contributed by atoms with E-state index in [4.69, 9.17) is 0 Å². The Morgan fingerprint density at radius 2 is 0.821 bits per heavy atom. The fourth-order valence-corrected chi connectivity index (χ4v) is 9.61. The Morgan fingerprint density at radius 1 is 0.268 bits per heavy atom. The second kappa shape index (κ2) is 13.4. The molecule has 0 bridgehead atoms. The molecule has 0 aliphatic heterocycles. The molecule has 0 radical (unpaired) electrons. The highest BCUT2D eigenvalue weighted by molar-refractivity contribution is 7.25. The van der Waals surface area contributed by atoms with Crippen LogP contribution in [0.2, 0.25) is 0 Å². The lowest BCUT2D eigenvalue weighted by Crippen LogP contribution is -2.10. The van der Waals surface area contributed by atoms with Crippen LogP contribution in [-0.2, 0) is 0 Å². The molecule has 56 heavy (non-hydrogen) atoms. The van der Waals surface area contributed by atoms with Crippen molar-refractivity contribution in [3.8, 4) is 33.4 Å². The minimum Gasteiger partial charge on any atom is -0.310 e. The van der Waals surface area contributed by atoms with Gasteiger partial charge in [0.2, 0.25) is 0 Å². The lowest BCUT2D eigenvalue weighted by atomic mass is 9.95. The fraction of sp³-hybridized carbons (Fsp3) is 0. The maximum atomic E-state index is 2.39. The van der Waals surface area contributed by atoms with E-state index in [2.05, 4.69) is 217 Å². The predicted octanol–water partition coefficient (Wildman–Crippen LogP) is 16.0. The van der Waals surface area contributed by atoms with E-state index < -0.39 is 0 Å². The van der Waals surface area contributed by atoms with Crippen molar-refractivity contribution in [2.24, 2.45) is 0 Å². The van der Waals surface area contributed by atoms with Crippen LogP contribution in [0.4, 0.5) is 17.1 Å². The van der Waals surface area contributed by atoms with Gasteiger partial charge in [-0.2, -0.15) is 0 Å². The van der Waals surface area contributed by atoms with Gasteiger partial charge in [0, 0.05) is 37.2 Å². The summed E-state index contributed by atoms with van der Waals surface area (Å²) in [6, 6.07) is 77.8. The number of fused-ring (bicyclic) bond motifs is 7. The molecule has 0 atom stereocenters. The minimum atomic E-state index is 1.11. The molecular formula is C54H35NS. The fourth-order valence-electron chi connectivity index (χ4n) is 8.46. The predicted molar refractivity (Wildman–Crippen MR) is 243 cm³/mol. The van der Waals surface area contributed by atoms with Gasteiger partial charge in [-0.25, -0.2) is 0 Å². The first kappa shape index (κ1) is 32.4. The van der Waals surface area contributed by atoms with Crippen LogP contribution < -0.4 is 4.90 Å². The van der Waals surface area contributed by atoms with E-state index in [-0.39, 0.29) is 0 Å². The highest BCUT2D eigenvalue weighted by Crippen LogP contribution is 2.41. The molecule has 1 aromatic heterocycles. The first-order chi connectivity index (χ1) is 27.7. The molecule has 1 nitrogen and oxygen atoms in total. The number of anilines is 3. The smallest absolute Gasteiger partial charge is 0.0468 e. The third kappa shape index (κ3) is 5.62. The zero-order valence-corrected chi connectivity index (χ0v) is 31.4. The Kier molecular flexibility index (Phi) is 7.75. The molecule has 0 aliphatic rings. The van der Waals surface area contributed by atoms with E-state index in [0.29, 0.717) is 0 Å². The van der Waals surface area contributed by atoms with Crippen molar-refractivity contribution in [3.63, 3.8) is 0 Å². The molecule has 0 amide bonds. The molecule has 11 rings (SSSR count). The maximum absolute atomic E-state index is 2.39. The molecule has 262 valence electrons. The second-order valence-electron chi connectivity index (χ2n) is 14.5. The maximum Gasteiger partial charge on any atom is 0.0468 e. The lowest BCUT2D eigenvalue weighted by molar-refractivity contribution is 1.29. The van der Waals surface area contributed by atoms with Gasteiger partial charge < -0.3 is 4.90 Å². The molecule has 0 saturated heterocycles. The Bertz CT molecular complexity index is 3260. The topological polar surface area (TPSA) is 3.24 Å².